The zero-order chi connectivity index (χ0) is 19.8. The van der Waals surface area contributed by atoms with Crippen LogP contribution in [0.2, 0.25) is 0 Å². The molecule has 2 aromatic carbocycles. The average molecular weight is 375 g/mol. The number of fused-ring (bicyclic) bond motifs is 1. The molecule has 6 heteroatoms. The monoisotopic (exact) mass is 375 g/mol. The van der Waals surface area contributed by atoms with E-state index in [2.05, 4.69) is 0 Å². The average Bonchev–Trinajstić information content (AvgIpc) is 3.02. The largest absolute Gasteiger partial charge is 0.471 e. The molecular weight excluding hydrogens is 355 g/mol. The lowest BCUT2D eigenvalue weighted by atomic mass is 9.93. The molecule has 3 nitrogen and oxygen atoms in total. The van der Waals surface area contributed by atoms with Gasteiger partial charge in [-0.25, -0.2) is 0 Å². The molecule has 0 fully saturated rings. The molecule has 0 saturated carbocycles. The van der Waals surface area contributed by atoms with Crippen LogP contribution in [0.4, 0.5) is 13.2 Å². The molecule has 0 aliphatic heterocycles. The summed E-state index contributed by atoms with van der Waals surface area (Å²) in [5.74, 6) is -2.04. The summed E-state index contributed by atoms with van der Waals surface area (Å²) in [6.45, 7) is 3.96. The van der Waals surface area contributed by atoms with Gasteiger partial charge in [-0.1, -0.05) is 42.8 Å². The minimum atomic E-state index is -4.90. The van der Waals surface area contributed by atoms with Gasteiger partial charge in [0.15, 0.2) is 5.78 Å². The number of carbonyl (C=O) groups is 2. The molecule has 0 radical (unpaired) electrons. The smallest absolute Gasteiger partial charge is 0.341 e. The lowest BCUT2D eigenvalue weighted by Gasteiger charge is -2.16. The molecule has 0 bridgehead atoms. The van der Waals surface area contributed by atoms with Gasteiger partial charge >= 0.3 is 12.1 Å². The van der Waals surface area contributed by atoms with Crippen molar-refractivity contribution in [3.8, 4) is 0 Å². The highest BCUT2D eigenvalue weighted by molar-refractivity contribution is 6.10. The van der Waals surface area contributed by atoms with E-state index < -0.39 is 18.1 Å². The molecular formula is C21H20F3NO2. The molecule has 1 unspecified atom stereocenters. The quantitative estimate of drug-likeness (QED) is 0.803. The van der Waals surface area contributed by atoms with Gasteiger partial charge < -0.3 is 5.32 Å². The van der Waals surface area contributed by atoms with Crippen LogP contribution < -0.4 is 5.32 Å². The Bertz CT molecular complexity index is 903. The number of benzene rings is 2. The Morgan fingerprint density at radius 2 is 1.89 bits per heavy atom. The van der Waals surface area contributed by atoms with Crippen molar-refractivity contribution >= 4 is 11.7 Å². The van der Waals surface area contributed by atoms with E-state index in [0.29, 0.717) is 29.5 Å². The second kappa shape index (κ2) is 7.18. The zero-order valence-electron chi connectivity index (χ0n) is 15.1. The van der Waals surface area contributed by atoms with Crippen molar-refractivity contribution in [3.63, 3.8) is 0 Å². The molecule has 0 saturated heterocycles. The van der Waals surface area contributed by atoms with Crippen LogP contribution in [-0.4, -0.2) is 17.9 Å². The Morgan fingerprint density at radius 3 is 2.56 bits per heavy atom. The summed E-state index contributed by atoms with van der Waals surface area (Å²) >= 11 is 0. The summed E-state index contributed by atoms with van der Waals surface area (Å²) in [4.78, 5) is 24.1. The number of ketones is 1. The van der Waals surface area contributed by atoms with E-state index >= 15 is 0 Å². The molecule has 27 heavy (non-hydrogen) atoms. The Morgan fingerprint density at radius 1 is 1.15 bits per heavy atom. The Kier molecular flexibility index (Phi) is 5.09. The van der Waals surface area contributed by atoms with Crippen LogP contribution in [0.1, 0.15) is 57.6 Å². The van der Waals surface area contributed by atoms with E-state index in [0.717, 1.165) is 23.1 Å². The molecule has 1 amide bonds. The van der Waals surface area contributed by atoms with Crippen LogP contribution >= 0.6 is 0 Å². The first kappa shape index (κ1) is 19.1. The number of nitrogens with one attached hydrogen (secondary N) is 1. The topological polar surface area (TPSA) is 46.2 Å². The maximum absolute atomic E-state index is 12.9. The second-order valence-corrected chi connectivity index (χ2v) is 6.82. The number of aryl methyl sites for hydroxylation is 3. The van der Waals surface area contributed by atoms with Crippen molar-refractivity contribution in [2.45, 2.75) is 45.3 Å². The highest BCUT2D eigenvalue weighted by Crippen LogP contribution is 2.33. The van der Waals surface area contributed by atoms with Gasteiger partial charge in [0.05, 0.1) is 6.04 Å². The number of hydrogen-bond donors (Lipinski definition) is 1. The lowest BCUT2D eigenvalue weighted by molar-refractivity contribution is -0.174. The molecule has 2 aromatic rings. The van der Waals surface area contributed by atoms with Crippen LogP contribution in [0, 0.1) is 6.92 Å². The van der Waals surface area contributed by atoms with Gasteiger partial charge in [0.25, 0.3) is 0 Å². The van der Waals surface area contributed by atoms with E-state index in [1.54, 1.807) is 18.2 Å². The highest BCUT2D eigenvalue weighted by atomic mass is 19.4. The molecule has 3 rings (SSSR count). The summed E-state index contributed by atoms with van der Waals surface area (Å²) in [7, 11) is 0. The van der Waals surface area contributed by atoms with Crippen molar-refractivity contribution in [1.29, 1.82) is 0 Å². The maximum Gasteiger partial charge on any atom is 0.471 e. The summed E-state index contributed by atoms with van der Waals surface area (Å²) in [6.07, 6.45) is -3.26. The van der Waals surface area contributed by atoms with Crippen LogP contribution in [0.3, 0.4) is 0 Å². The SMILES string of the molecule is CCc1cc(C)ccc1C(=O)c1ccc2c(c1)CCC2NC(=O)C(F)(F)F. The second-order valence-electron chi connectivity index (χ2n) is 6.82. The summed E-state index contributed by atoms with van der Waals surface area (Å²) < 4.78 is 37.4. The zero-order valence-corrected chi connectivity index (χ0v) is 15.1. The van der Waals surface area contributed by atoms with Gasteiger partial charge in [-0.3, -0.25) is 9.59 Å². The minimum Gasteiger partial charge on any atom is -0.341 e. The molecule has 0 aromatic heterocycles. The number of carbonyl (C=O) groups excluding carboxylic acids is 2. The molecule has 142 valence electrons. The predicted molar refractivity (Wildman–Crippen MR) is 95.7 cm³/mol. The van der Waals surface area contributed by atoms with Gasteiger partial charge in [-0.05, 0) is 48.9 Å². The molecule has 1 aliphatic carbocycles. The van der Waals surface area contributed by atoms with E-state index in [1.807, 2.05) is 37.4 Å². The number of halogens is 3. The first-order valence-electron chi connectivity index (χ1n) is 8.85. The molecule has 1 N–H and O–H groups in total. The van der Waals surface area contributed by atoms with Crippen molar-refractivity contribution in [2.75, 3.05) is 0 Å². The third kappa shape index (κ3) is 3.89. The fourth-order valence-corrected chi connectivity index (χ4v) is 3.54. The van der Waals surface area contributed by atoms with E-state index in [1.165, 1.54) is 0 Å². The lowest BCUT2D eigenvalue weighted by Crippen LogP contribution is -2.38. The van der Waals surface area contributed by atoms with Gasteiger partial charge in [0, 0.05) is 11.1 Å². The first-order valence-corrected chi connectivity index (χ1v) is 8.85. The molecule has 1 aliphatic rings. The Hall–Kier alpha value is -2.63. The van der Waals surface area contributed by atoms with Crippen LogP contribution in [0.15, 0.2) is 36.4 Å². The van der Waals surface area contributed by atoms with Gasteiger partial charge in [0.1, 0.15) is 0 Å². The van der Waals surface area contributed by atoms with Crippen molar-refractivity contribution in [2.24, 2.45) is 0 Å². The number of amides is 1. The number of alkyl halides is 3. The van der Waals surface area contributed by atoms with Gasteiger partial charge in [-0.2, -0.15) is 13.2 Å². The first-order chi connectivity index (χ1) is 12.7. The fourth-order valence-electron chi connectivity index (χ4n) is 3.54. The number of rotatable bonds is 4. The molecule has 1 atom stereocenters. The number of hydrogen-bond acceptors (Lipinski definition) is 2. The molecule has 0 spiro atoms. The van der Waals surface area contributed by atoms with Crippen LogP contribution in [0.25, 0.3) is 0 Å². The normalized spacial score (nSPS) is 16.1. The summed E-state index contributed by atoms with van der Waals surface area (Å²) in [5.41, 5.74) is 4.65. The third-order valence-corrected chi connectivity index (χ3v) is 4.93. The Balaban J connectivity index is 1.85. The van der Waals surface area contributed by atoms with Gasteiger partial charge in [0.2, 0.25) is 0 Å². The van der Waals surface area contributed by atoms with Crippen molar-refractivity contribution < 1.29 is 22.8 Å². The van der Waals surface area contributed by atoms with E-state index in [-0.39, 0.29) is 5.78 Å². The van der Waals surface area contributed by atoms with Crippen molar-refractivity contribution in [3.05, 3.63) is 69.8 Å². The Labute approximate surface area is 155 Å². The third-order valence-electron chi connectivity index (χ3n) is 4.93. The van der Waals surface area contributed by atoms with Crippen LogP contribution in [-0.2, 0) is 17.6 Å². The highest BCUT2D eigenvalue weighted by Gasteiger charge is 2.40. The van der Waals surface area contributed by atoms with E-state index in [4.69, 9.17) is 0 Å². The predicted octanol–water partition coefficient (Wildman–Crippen LogP) is 4.45. The van der Waals surface area contributed by atoms with E-state index in [9.17, 15) is 22.8 Å². The molecule has 0 heterocycles. The van der Waals surface area contributed by atoms with Crippen LogP contribution in [0.5, 0.6) is 0 Å². The summed E-state index contributed by atoms with van der Waals surface area (Å²) in [5, 5.41) is 2.03. The minimum absolute atomic E-state index is 0.0996. The van der Waals surface area contributed by atoms with Crippen molar-refractivity contribution in [1.82, 2.24) is 5.32 Å². The standard InChI is InChI=1S/C21H20F3NO2/c1-3-13-10-12(2)4-7-17(13)19(26)15-5-8-16-14(11-15)6-9-18(16)25-20(27)21(22,23)24/h4-5,7-8,10-11,18H,3,6,9H2,1-2H3,(H,25,27). The maximum atomic E-state index is 12.9. The fraction of sp³-hybridized carbons (Fsp3) is 0.333. The van der Waals surface area contributed by atoms with Gasteiger partial charge in [-0.15, -0.1) is 0 Å². The summed E-state index contributed by atoms with van der Waals surface area (Å²) in [6, 6.07) is 10.0.